The van der Waals surface area contributed by atoms with Crippen molar-refractivity contribution in [2.75, 3.05) is 0 Å². The standard InChI is InChI=1S/C11H14FNO3/c1-6(13)9-4-3-8(5-10(9)12)16-7(2)11(14)15/h3-7H,13H2,1-2H3,(H,14,15)/t6-,7?/m1/s1. The molecule has 0 heterocycles. The van der Waals surface area contributed by atoms with Gasteiger partial charge in [0.1, 0.15) is 11.6 Å². The van der Waals surface area contributed by atoms with E-state index in [0.29, 0.717) is 5.56 Å². The van der Waals surface area contributed by atoms with Crippen molar-refractivity contribution >= 4 is 5.97 Å². The fourth-order valence-corrected chi connectivity index (χ4v) is 1.20. The molecule has 0 fully saturated rings. The molecule has 0 bridgehead atoms. The predicted octanol–water partition coefficient (Wildman–Crippen LogP) is 1.70. The molecular weight excluding hydrogens is 213 g/mol. The van der Waals surface area contributed by atoms with E-state index in [1.165, 1.54) is 19.1 Å². The summed E-state index contributed by atoms with van der Waals surface area (Å²) in [5.74, 6) is -1.42. The molecule has 0 spiro atoms. The minimum Gasteiger partial charge on any atom is -0.479 e. The first-order chi connectivity index (χ1) is 7.41. The summed E-state index contributed by atoms with van der Waals surface area (Å²) in [7, 11) is 0. The summed E-state index contributed by atoms with van der Waals surface area (Å²) in [4.78, 5) is 10.5. The topological polar surface area (TPSA) is 72.5 Å². The zero-order chi connectivity index (χ0) is 12.3. The highest BCUT2D eigenvalue weighted by Crippen LogP contribution is 2.21. The molecule has 1 unspecified atom stereocenters. The third-order valence-electron chi connectivity index (χ3n) is 2.12. The van der Waals surface area contributed by atoms with Crippen LogP contribution in [0.5, 0.6) is 5.75 Å². The number of hydrogen-bond acceptors (Lipinski definition) is 3. The maximum Gasteiger partial charge on any atom is 0.344 e. The maximum absolute atomic E-state index is 13.4. The van der Waals surface area contributed by atoms with Gasteiger partial charge in [-0.2, -0.15) is 0 Å². The van der Waals surface area contributed by atoms with Crippen molar-refractivity contribution in [1.82, 2.24) is 0 Å². The van der Waals surface area contributed by atoms with E-state index < -0.39 is 23.9 Å². The summed E-state index contributed by atoms with van der Waals surface area (Å²) < 4.78 is 18.5. The smallest absolute Gasteiger partial charge is 0.344 e. The predicted molar refractivity (Wildman–Crippen MR) is 56.7 cm³/mol. The highest BCUT2D eigenvalue weighted by atomic mass is 19.1. The second-order valence-electron chi connectivity index (χ2n) is 3.57. The molecule has 0 aliphatic heterocycles. The first-order valence-electron chi connectivity index (χ1n) is 4.86. The lowest BCUT2D eigenvalue weighted by Crippen LogP contribution is -2.23. The lowest BCUT2D eigenvalue weighted by atomic mass is 10.1. The number of hydrogen-bond donors (Lipinski definition) is 2. The quantitative estimate of drug-likeness (QED) is 0.821. The molecule has 0 radical (unpaired) electrons. The molecule has 88 valence electrons. The highest BCUT2D eigenvalue weighted by molar-refractivity contribution is 5.72. The van der Waals surface area contributed by atoms with E-state index in [1.807, 2.05) is 0 Å². The van der Waals surface area contributed by atoms with Gasteiger partial charge in [-0.05, 0) is 19.9 Å². The van der Waals surface area contributed by atoms with Gasteiger partial charge in [-0.1, -0.05) is 6.07 Å². The molecule has 16 heavy (non-hydrogen) atoms. The largest absolute Gasteiger partial charge is 0.479 e. The van der Waals surface area contributed by atoms with E-state index in [1.54, 1.807) is 6.92 Å². The average Bonchev–Trinajstić information content (AvgIpc) is 2.16. The van der Waals surface area contributed by atoms with Crippen LogP contribution in [0.2, 0.25) is 0 Å². The average molecular weight is 227 g/mol. The second kappa shape index (κ2) is 4.94. The van der Waals surface area contributed by atoms with Crippen molar-refractivity contribution in [1.29, 1.82) is 0 Å². The van der Waals surface area contributed by atoms with Crippen molar-refractivity contribution in [3.63, 3.8) is 0 Å². The number of benzene rings is 1. The van der Waals surface area contributed by atoms with Crippen LogP contribution >= 0.6 is 0 Å². The fraction of sp³-hybridized carbons (Fsp3) is 0.364. The highest BCUT2D eigenvalue weighted by Gasteiger charge is 2.14. The number of carbonyl (C=O) groups is 1. The summed E-state index contributed by atoms with van der Waals surface area (Å²) in [6, 6.07) is 3.72. The molecule has 0 aliphatic carbocycles. The van der Waals surface area contributed by atoms with Crippen LogP contribution in [0.3, 0.4) is 0 Å². The van der Waals surface area contributed by atoms with Gasteiger partial charge in [0.05, 0.1) is 0 Å². The maximum atomic E-state index is 13.4. The Morgan fingerprint density at radius 2 is 2.12 bits per heavy atom. The van der Waals surface area contributed by atoms with Gasteiger partial charge in [0, 0.05) is 17.7 Å². The summed E-state index contributed by atoms with van der Waals surface area (Å²) >= 11 is 0. The minimum absolute atomic E-state index is 0.178. The van der Waals surface area contributed by atoms with Crippen molar-refractivity contribution in [3.8, 4) is 5.75 Å². The number of ether oxygens (including phenoxy) is 1. The van der Waals surface area contributed by atoms with Gasteiger partial charge in [0.25, 0.3) is 0 Å². The normalized spacial score (nSPS) is 14.2. The lowest BCUT2D eigenvalue weighted by Gasteiger charge is -2.12. The van der Waals surface area contributed by atoms with Crippen molar-refractivity contribution in [2.24, 2.45) is 5.73 Å². The van der Waals surface area contributed by atoms with Crippen LogP contribution in [0.15, 0.2) is 18.2 Å². The number of nitrogens with two attached hydrogens (primary N) is 1. The SMILES string of the molecule is CC(Oc1ccc([C@@H](C)N)c(F)c1)C(=O)O. The van der Waals surface area contributed by atoms with E-state index in [2.05, 4.69) is 0 Å². The first-order valence-corrected chi connectivity index (χ1v) is 4.86. The molecule has 1 aromatic carbocycles. The molecule has 4 nitrogen and oxygen atoms in total. The lowest BCUT2D eigenvalue weighted by molar-refractivity contribution is -0.144. The molecule has 0 aliphatic rings. The fourth-order valence-electron chi connectivity index (χ4n) is 1.20. The molecule has 2 atom stereocenters. The van der Waals surface area contributed by atoms with Crippen LogP contribution in [-0.2, 0) is 4.79 Å². The first kappa shape index (κ1) is 12.4. The number of carboxylic acids is 1. The monoisotopic (exact) mass is 227 g/mol. The van der Waals surface area contributed by atoms with E-state index in [-0.39, 0.29) is 5.75 Å². The Bertz CT molecular complexity index is 393. The summed E-state index contributed by atoms with van der Waals surface area (Å²) in [6.07, 6.45) is -1.01. The molecule has 0 saturated heterocycles. The van der Waals surface area contributed by atoms with Crippen LogP contribution in [0.4, 0.5) is 4.39 Å². The minimum atomic E-state index is -1.10. The summed E-state index contributed by atoms with van der Waals surface area (Å²) in [5.41, 5.74) is 5.91. The van der Waals surface area contributed by atoms with Crippen LogP contribution in [0.1, 0.15) is 25.5 Å². The van der Waals surface area contributed by atoms with Gasteiger partial charge >= 0.3 is 5.97 Å². The van der Waals surface area contributed by atoms with E-state index in [0.717, 1.165) is 6.07 Å². The zero-order valence-electron chi connectivity index (χ0n) is 9.11. The van der Waals surface area contributed by atoms with Gasteiger partial charge < -0.3 is 15.6 Å². The van der Waals surface area contributed by atoms with Crippen LogP contribution in [-0.4, -0.2) is 17.2 Å². The summed E-state index contributed by atoms with van der Waals surface area (Å²) in [6.45, 7) is 3.04. The third kappa shape index (κ3) is 2.93. The third-order valence-corrected chi connectivity index (χ3v) is 2.12. The van der Waals surface area contributed by atoms with Gasteiger partial charge in [0.2, 0.25) is 0 Å². The Morgan fingerprint density at radius 3 is 2.56 bits per heavy atom. The number of rotatable bonds is 4. The number of halogens is 1. The Labute approximate surface area is 92.8 Å². The molecule has 1 rings (SSSR count). The van der Waals surface area contributed by atoms with Gasteiger partial charge in [-0.3, -0.25) is 0 Å². The van der Waals surface area contributed by atoms with Crippen LogP contribution < -0.4 is 10.5 Å². The number of carboxylic acid groups (broad SMARTS) is 1. The van der Waals surface area contributed by atoms with E-state index >= 15 is 0 Å². The van der Waals surface area contributed by atoms with Crippen molar-refractivity contribution in [3.05, 3.63) is 29.6 Å². The Kier molecular flexibility index (Phi) is 3.84. The van der Waals surface area contributed by atoms with Gasteiger partial charge in [0.15, 0.2) is 6.10 Å². The molecule has 1 aromatic rings. The molecule has 5 heteroatoms. The molecule has 0 saturated carbocycles. The second-order valence-corrected chi connectivity index (χ2v) is 3.57. The number of aliphatic carboxylic acids is 1. The van der Waals surface area contributed by atoms with Crippen molar-refractivity contribution in [2.45, 2.75) is 26.0 Å². The Morgan fingerprint density at radius 1 is 1.50 bits per heavy atom. The van der Waals surface area contributed by atoms with Gasteiger partial charge in [-0.15, -0.1) is 0 Å². The van der Waals surface area contributed by atoms with E-state index in [9.17, 15) is 9.18 Å². The van der Waals surface area contributed by atoms with E-state index in [4.69, 9.17) is 15.6 Å². The zero-order valence-corrected chi connectivity index (χ0v) is 9.11. The summed E-state index contributed by atoms with van der Waals surface area (Å²) in [5, 5.41) is 8.62. The Balaban J connectivity index is 2.85. The molecule has 0 aromatic heterocycles. The molecule has 3 N–H and O–H groups in total. The Hall–Kier alpha value is -1.62. The van der Waals surface area contributed by atoms with Gasteiger partial charge in [-0.25, -0.2) is 9.18 Å². The van der Waals surface area contributed by atoms with Crippen LogP contribution in [0, 0.1) is 5.82 Å². The van der Waals surface area contributed by atoms with Crippen LogP contribution in [0.25, 0.3) is 0 Å². The molecule has 0 amide bonds. The molecular formula is C11H14FNO3. The van der Waals surface area contributed by atoms with Crippen molar-refractivity contribution < 1.29 is 19.0 Å².